The van der Waals surface area contributed by atoms with Gasteiger partial charge in [0.15, 0.2) is 11.5 Å². The smallest absolute Gasteiger partial charge is 0.275 e. The SMILES string of the molecule is COc1cc(C=NNC(=O)c2cc3ccccc3cc2O)cc(I)c1OCc1ccc2ccccc2c1. The molecule has 7 heteroatoms. The molecule has 0 saturated heterocycles. The number of phenolic OH excluding ortho intramolecular Hbond substituents is 1. The van der Waals surface area contributed by atoms with E-state index in [1.54, 1.807) is 25.3 Å². The van der Waals surface area contributed by atoms with Gasteiger partial charge in [0.1, 0.15) is 12.4 Å². The van der Waals surface area contributed by atoms with E-state index in [0.717, 1.165) is 30.9 Å². The first kappa shape index (κ1) is 24.6. The van der Waals surface area contributed by atoms with Crippen molar-refractivity contribution in [1.82, 2.24) is 5.43 Å². The molecule has 0 atom stereocenters. The molecule has 2 N–H and O–H groups in total. The largest absolute Gasteiger partial charge is 0.507 e. The van der Waals surface area contributed by atoms with Crippen molar-refractivity contribution in [3.8, 4) is 17.2 Å². The summed E-state index contributed by atoms with van der Waals surface area (Å²) < 4.78 is 12.5. The highest BCUT2D eigenvalue weighted by molar-refractivity contribution is 14.1. The Morgan fingerprint density at radius 1 is 0.919 bits per heavy atom. The zero-order valence-corrected chi connectivity index (χ0v) is 22.1. The van der Waals surface area contributed by atoms with Crippen molar-refractivity contribution < 1.29 is 19.4 Å². The molecule has 37 heavy (non-hydrogen) atoms. The second-order valence-corrected chi connectivity index (χ2v) is 9.58. The highest BCUT2D eigenvalue weighted by Crippen LogP contribution is 2.34. The molecule has 5 rings (SSSR count). The zero-order valence-electron chi connectivity index (χ0n) is 19.9. The Hall–Kier alpha value is -4.11. The van der Waals surface area contributed by atoms with Gasteiger partial charge in [-0.2, -0.15) is 5.10 Å². The Morgan fingerprint density at radius 3 is 2.32 bits per heavy atom. The van der Waals surface area contributed by atoms with Crippen molar-refractivity contribution >= 4 is 56.3 Å². The van der Waals surface area contributed by atoms with Crippen LogP contribution in [0.2, 0.25) is 0 Å². The standard InChI is InChI=1S/C30H23IN2O4/c1-36-28-14-20(17-32-33-30(35)25-15-23-8-4-5-9-24(23)16-27(25)34)13-26(31)29(28)37-18-19-10-11-21-6-2-3-7-22(21)12-19/h2-17,34H,18H2,1H3,(H,33,35). The maximum absolute atomic E-state index is 12.6. The van der Waals surface area contributed by atoms with Crippen LogP contribution in [0.1, 0.15) is 21.5 Å². The van der Waals surface area contributed by atoms with Gasteiger partial charge >= 0.3 is 0 Å². The van der Waals surface area contributed by atoms with E-state index in [9.17, 15) is 9.90 Å². The quantitative estimate of drug-likeness (QED) is 0.124. The third kappa shape index (κ3) is 5.51. The van der Waals surface area contributed by atoms with Gasteiger partial charge in [-0.15, -0.1) is 0 Å². The van der Waals surface area contributed by atoms with Gasteiger partial charge in [0.2, 0.25) is 0 Å². The number of amides is 1. The summed E-state index contributed by atoms with van der Waals surface area (Å²) >= 11 is 2.19. The van der Waals surface area contributed by atoms with Crippen molar-refractivity contribution in [3.63, 3.8) is 0 Å². The van der Waals surface area contributed by atoms with Crippen molar-refractivity contribution in [2.75, 3.05) is 7.11 Å². The monoisotopic (exact) mass is 602 g/mol. The fraction of sp³-hybridized carbons (Fsp3) is 0.0667. The molecule has 0 heterocycles. The Labute approximate surface area is 227 Å². The molecule has 0 aliphatic rings. The molecule has 0 saturated carbocycles. The van der Waals surface area contributed by atoms with Gasteiger partial charge in [0, 0.05) is 0 Å². The van der Waals surface area contributed by atoms with Crippen LogP contribution >= 0.6 is 22.6 Å². The summed E-state index contributed by atoms with van der Waals surface area (Å²) in [5.41, 5.74) is 4.42. The molecule has 5 aromatic rings. The molecular formula is C30H23IN2O4. The number of fused-ring (bicyclic) bond motifs is 2. The normalized spacial score (nSPS) is 11.2. The summed E-state index contributed by atoms with van der Waals surface area (Å²) in [6.07, 6.45) is 1.52. The number of rotatable bonds is 7. The lowest BCUT2D eigenvalue weighted by atomic mass is 10.1. The Kier molecular flexibility index (Phi) is 7.23. The van der Waals surface area contributed by atoms with Gasteiger partial charge in [-0.05, 0) is 85.6 Å². The number of hydrogen-bond donors (Lipinski definition) is 2. The summed E-state index contributed by atoms with van der Waals surface area (Å²) in [5.74, 6) is 0.596. The Bertz CT molecular complexity index is 1650. The number of ether oxygens (including phenoxy) is 2. The van der Waals surface area contributed by atoms with Gasteiger partial charge in [-0.1, -0.05) is 60.7 Å². The molecular weight excluding hydrogens is 579 g/mol. The minimum Gasteiger partial charge on any atom is -0.507 e. The number of halogens is 1. The molecule has 0 aromatic heterocycles. The predicted octanol–water partition coefficient (Wildman–Crippen LogP) is 6.65. The summed E-state index contributed by atoms with van der Waals surface area (Å²) in [6, 6.07) is 28.9. The highest BCUT2D eigenvalue weighted by Gasteiger charge is 2.13. The maximum Gasteiger partial charge on any atom is 0.275 e. The third-order valence-electron chi connectivity index (χ3n) is 5.94. The van der Waals surface area contributed by atoms with Gasteiger partial charge in [0.05, 0.1) is 22.5 Å². The topological polar surface area (TPSA) is 80.2 Å². The van der Waals surface area contributed by atoms with Crippen LogP contribution in [-0.2, 0) is 6.61 Å². The van der Waals surface area contributed by atoms with E-state index in [1.165, 1.54) is 11.6 Å². The predicted molar refractivity (Wildman–Crippen MR) is 155 cm³/mol. The van der Waals surface area contributed by atoms with E-state index in [0.29, 0.717) is 18.1 Å². The van der Waals surface area contributed by atoms with Crippen molar-refractivity contribution in [3.05, 3.63) is 111 Å². The molecule has 0 aliphatic heterocycles. The number of phenols is 1. The van der Waals surface area contributed by atoms with Crippen LogP contribution in [0.15, 0.2) is 96.1 Å². The molecule has 184 valence electrons. The van der Waals surface area contributed by atoms with Gasteiger partial charge in [-0.25, -0.2) is 5.43 Å². The van der Waals surface area contributed by atoms with Gasteiger partial charge < -0.3 is 14.6 Å². The molecule has 6 nitrogen and oxygen atoms in total. The van der Waals surface area contributed by atoms with E-state index < -0.39 is 5.91 Å². The summed E-state index contributed by atoms with van der Waals surface area (Å²) in [5, 5.41) is 18.4. The minimum atomic E-state index is -0.503. The first-order chi connectivity index (χ1) is 18.0. The lowest BCUT2D eigenvalue weighted by molar-refractivity contribution is 0.0952. The van der Waals surface area contributed by atoms with E-state index in [1.807, 2.05) is 42.5 Å². The van der Waals surface area contributed by atoms with Crippen LogP contribution in [-0.4, -0.2) is 24.3 Å². The van der Waals surface area contributed by atoms with Crippen LogP contribution in [0.3, 0.4) is 0 Å². The Morgan fingerprint density at radius 2 is 1.59 bits per heavy atom. The molecule has 0 radical (unpaired) electrons. The van der Waals surface area contributed by atoms with Crippen LogP contribution < -0.4 is 14.9 Å². The number of hydrogen-bond acceptors (Lipinski definition) is 5. The fourth-order valence-corrected chi connectivity index (χ4v) is 4.86. The number of methoxy groups -OCH3 is 1. The van der Waals surface area contributed by atoms with E-state index >= 15 is 0 Å². The van der Waals surface area contributed by atoms with Crippen LogP contribution in [0.25, 0.3) is 21.5 Å². The first-order valence-electron chi connectivity index (χ1n) is 11.5. The minimum absolute atomic E-state index is 0.101. The molecule has 0 spiro atoms. The molecule has 1 amide bonds. The Balaban J connectivity index is 1.29. The lowest BCUT2D eigenvalue weighted by Gasteiger charge is -2.14. The van der Waals surface area contributed by atoms with E-state index in [4.69, 9.17) is 9.47 Å². The number of aromatic hydroxyl groups is 1. The fourth-order valence-electron chi connectivity index (χ4n) is 4.07. The van der Waals surface area contributed by atoms with Crippen LogP contribution in [0.4, 0.5) is 0 Å². The summed E-state index contributed by atoms with van der Waals surface area (Å²) in [4.78, 5) is 12.6. The zero-order chi connectivity index (χ0) is 25.8. The first-order valence-corrected chi connectivity index (χ1v) is 12.6. The number of benzene rings is 5. The van der Waals surface area contributed by atoms with E-state index in [2.05, 4.69) is 63.4 Å². The average Bonchev–Trinajstić information content (AvgIpc) is 2.91. The lowest BCUT2D eigenvalue weighted by Crippen LogP contribution is -2.17. The number of nitrogens with zero attached hydrogens (tertiary/aromatic N) is 1. The second kappa shape index (κ2) is 10.9. The van der Waals surface area contributed by atoms with E-state index in [-0.39, 0.29) is 11.3 Å². The molecule has 0 unspecified atom stereocenters. The maximum atomic E-state index is 12.6. The van der Waals surface area contributed by atoms with Gasteiger partial charge in [0.25, 0.3) is 5.91 Å². The summed E-state index contributed by atoms with van der Waals surface area (Å²) in [6.45, 7) is 0.399. The molecule has 0 bridgehead atoms. The van der Waals surface area contributed by atoms with Crippen LogP contribution in [0, 0.1) is 3.57 Å². The number of carbonyl (C=O) groups is 1. The van der Waals surface area contributed by atoms with Gasteiger partial charge in [-0.3, -0.25) is 4.79 Å². The number of nitrogens with one attached hydrogen (secondary N) is 1. The highest BCUT2D eigenvalue weighted by atomic mass is 127. The third-order valence-corrected chi connectivity index (χ3v) is 6.74. The average molecular weight is 602 g/mol. The number of carbonyl (C=O) groups excluding carboxylic acids is 1. The summed E-state index contributed by atoms with van der Waals surface area (Å²) in [7, 11) is 1.58. The molecule has 0 fully saturated rings. The van der Waals surface area contributed by atoms with Crippen molar-refractivity contribution in [2.24, 2.45) is 5.10 Å². The van der Waals surface area contributed by atoms with Crippen LogP contribution in [0.5, 0.6) is 17.2 Å². The second-order valence-electron chi connectivity index (χ2n) is 8.42. The van der Waals surface area contributed by atoms with Crippen molar-refractivity contribution in [1.29, 1.82) is 0 Å². The number of hydrazone groups is 1. The van der Waals surface area contributed by atoms with Crippen molar-refractivity contribution in [2.45, 2.75) is 6.61 Å². The molecule has 0 aliphatic carbocycles. The molecule has 5 aromatic carbocycles.